The van der Waals surface area contributed by atoms with Crippen molar-refractivity contribution in [1.82, 2.24) is 5.48 Å². The zero-order valence-corrected chi connectivity index (χ0v) is 65.4. The minimum Gasteiger partial charge on any atom is -0.550 e. The number of carboxylic acids is 1. The van der Waals surface area contributed by atoms with Gasteiger partial charge in [0, 0.05) is 5.97 Å². The average molecular weight is 1840 g/mol. The van der Waals surface area contributed by atoms with Crippen molar-refractivity contribution in [2.75, 3.05) is 112 Å². The van der Waals surface area contributed by atoms with E-state index in [1.165, 1.54) is 5.48 Å². The molecule has 27 N–H and O–H groups in total. The smallest absolute Gasteiger partial charge is 0.550 e. The number of hydroxylamine groups is 1. The maximum Gasteiger partial charge on any atom is 3.00 e. The molecule has 2 amide bonds. The van der Waals surface area contributed by atoms with Gasteiger partial charge in [-0.3, -0.25) is 5.21 Å². The summed E-state index contributed by atoms with van der Waals surface area (Å²) in [6.07, 6.45) is -68.8. The topological polar surface area (TPSA) is 961 Å². The molecule has 0 bridgehead atoms. The Bertz CT molecular complexity index is 2700. The summed E-state index contributed by atoms with van der Waals surface area (Å²) in [6.45, 7) is 1.07. The SMILES string of the molecule is C(COCCOCC1CO1)OCCOCC1CO1.CC(=O)[O-].Cl.NC(=O)NO.O=[N+]([O-])[O-].O=[N+]([O-])[O-].O=[N+]([O-])[O-].OC[C@H]1O[C@@H](OC[C@H]2O[C@@H](O)[C@H](O)[C@@H](O[C@@H]3O[C@H](CO)[C@@H](O)[C@H](O[C@@H]4O[C@H](CO)[C@@H](O)[C@H](O[C@@H]5O[C@H](CO[C@@H]6O[C@H](CO)[C@@H](O)[C@H](O)[C@H]6O)[C@@H](O)[C@H](O[C@@H]6O[C@H](CO)[C@@H](O)[C@H](O)[C@H]6O)[C@H]5O)[C@H]4O)[C@H]3O)[C@@H]2O)[C@H](O)[C@@H](O)[C@@H]1O.[Ga+3]. The second-order valence-corrected chi connectivity index (χ2v) is 25.6. The Hall–Kier alpha value is -4.45. The Balaban J connectivity index is 0.00000141. The first-order valence-electron chi connectivity index (χ1n) is 34.7. The molecule has 9 rings (SSSR count). The molecular formula is C57H102ClGaN5O55-. The number of halogens is 1. The molecule has 9 aliphatic rings. The van der Waals surface area contributed by atoms with Gasteiger partial charge in [0.05, 0.1) is 128 Å². The summed E-state index contributed by atoms with van der Waals surface area (Å²) < 4.78 is 103. The quantitative estimate of drug-likeness (QED) is 0.00743. The summed E-state index contributed by atoms with van der Waals surface area (Å²) >= 11 is 0. The van der Waals surface area contributed by atoms with E-state index in [1.54, 1.807) is 0 Å². The van der Waals surface area contributed by atoms with Gasteiger partial charge < -0.3 is 269 Å². The van der Waals surface area contributed by atoms with Crippen LogP contribution in [-0.2, 0) is 94.8 Å². The molecule has 0 aliphatic carbocycles. The number of carbonyl (C=O) groups is 2. The van der Waals surface area contributed by atoms with E-state index >= 15 is 0 Å². The number of nitrogens with zero attached hydrogens (tertiary/aromatic N) is 3. The number of aliphatic hydroxyl groups is 23. The van der Waals surface area contributed by atoms with E-state index in [0.717, 1.165) is 20.1 Å². The zero-order valence-electron chi connectivity index (χ0n) is 62.2. The van der Waals surface area contributed by atoms with E-state index in [2.05, 4.69) is 5.73 Å². The van der Waals surface area contributed by atoms with Crippen LogP contribution in [0, 0.1) is 46.0 Å². The number of hydrogen-bond acceptors (Lipinski definition) is 55. The molecule has 9 heterocycles. The van der Waals surface area contributed by atoms with Crippen LogP contribution in [0.3, 0.4) is 0 Å². The number of hydrogen-bond donors (Lipinski definition) is 26. The van der Waals surface area contributed by atoms with Crippen molar-refractivity contribution in [3.8, 4) is 0 Å². The Morgan fingerprint density at radius 2 is 0.571 bits per heavy atom. The maximum atomic E-state index is 11.8. The number of amides is 2. The maximum absolute atomic E-state index is 11.8. The number of carboxylic acid groups (broad SMARTS) is 1. The van der Waals surface area contributed by atoms with Crippen LogP contribution in [-0.4, -0.2) is 509 Å². The minimum atomic E-state index is -2.35. The normalized spacial score (nSPS) is 40.0. The molecule has 0 aromatic carbocycles. The van der Waals surface area contributed by atoms with E-state index in [4.69, 9.17) is 151 Å². The van der Waals surface area contributed by atoms with Crippen LogP contribution < -0.4 is 16.3 Å². The van der Waals surface area contributed by atoms with Crippen LogP contribution >= 0.6 is 12.4 Å². The van der Waals surface area contributed by atoms with Gasteiger partial charge in [-0.1, -0.05) is 0 Å². The van der Waals surface area contributed by atoms with Crippen LogP contribution in [0.2, 0.25) is 0 Å². The number of aliphatic carboxylic acids is 1. The van der Waals surface area contributed by atoms with Crippen molar-refractivity contribution in [2.45, 2.75) is 234 Å². The van der Waals surface area contributed by atoms with Crippen LogP contribution in [0.1, 0.15) is 6.92 Å². The number of primary amides is 1. The molecule has 696 valence electrons. The summed E-state index contributed by atoms with van der Waals surface area (Å²) in [5.74, 6) is -1.08. The number of nitrogens with one attached hydrogen (secondary N) is 1. The first-order valence-corrected chi connectivity index (χ1v) is 34.7. The van der Waals surface area contributed by atoms with Gasteiger partial charge in [-0.25, -0.2) is 10.3 Å². The third-order valence-electron chi connectivity index (χ3n) is 17.1. The molecule has 37 atom stereocenters. The number of aliphatic hydroxyl groups excluding tert-OH is 23. The van der Waals surface area contributed by atoms with Crippen molar-refractivity contribution in [3.05, 3.63) is 46.0 Å². The van der Waals surface area contributed by atoms with Gasteiger partial charge in [0.1, 0.15) is 183 Å². The summed E-state index contributed by atoms with van der Waals surface area (Å²) in [4.78, 5) is 42.9. The van der Waals surface area contributed by atoms with Gasteiger partial charge in [-0.15, -0.1) is 12.4 Å². The molecule has 2 unspecified atom stereocenters. The van der Waals surface area contributed by atoms with Gasteiger partial charge in [0.25, 0.3) is 0 Å². The van der Waals surface area contributed by atoms with Crippen LogP contribution in [0.15, 0.2) is 0 Å². The van der Waals surface area contributed by atoms with Crippen molar-refractivity contribution >= 4 is 44.2 Å². The molecule has 119 heavy (non-hydrogen) atoms. The molecular weight excluding hydrogens is 1740 g/mol. The summed E-state index contributed by atoms with van der Waals surface area (Å²) in [5, 5.41) is 305. The van der Waals surface area contributed by atoms with E-state index in [9.17, 15) is 122 Å². The third-order valence-corrected chi connectivity index (χ3v) is 17.1. The predicted molar refractivity (Wildman–Crippen MR) is 364 cm³/mol. The van der Waals surface area contributed by atoms with Crippen molar-refractivity contribution in [3.63, 3.8) is 0 Å². The number of carbonyl (C=O) groups excluding carboxylic acids is 2. The van der Waals surface area contributed by atoms with Gasteiger partial charge in [0.2, 0.25) is 0 Å². The fourth-order valence-corrected chi connectivity index (χ4v) is 11.1. The van der Waals surface area contributed by atoms with Crippen molar-refractivity contribution in [1.29, 1.82) is 0 Å². The van der Waals surface area contributed by atoms with Gasteiger partial charge in [-0.2, -0.15) is 0 Å². The van der Waals surface area contributed by atoms with Gasteiger partial charge in [-0.05, 0) is 6.92 Å². The Labute approximate surface area is 688 Å². The molecule has 60 nitrogen and oxygen atoms in total. The second kappa shape index (κ2) is 57.2. The van der Waals surface area contributed by atoms with Crippen molar-refractivity contribution in [2.24, 2.45) is 5.73 Å². The first-order chi connectivity index (χ1) is 55.1. The molecule has 9 aliphatic heterocycles. The van der Waals surface area contributed by atoms with Crippen LogP contribution in [0.4, 0.5) is 4.79 Å². The third kappa shape index (κ3) is 37.3. The fraction of sp³-hybridized carbons (Fsp3) is 0.965. The molecule has 0 saturated carbocycles. The number of rotatable bonds is 32. The summed E-state index contributed by atoms with van der Waals surface area (Å²) in [6, 6.07) is -0.940. The van der Waals surface area contributed by atoms with Crippen molar-refractivity contribution < 1.29 is 243 Å². The summed E-state index contributed by atoms with van der Waals surface area (Å²) in [7, 11) is 0. The van der Waals surface area contributed by atoms with E-state index < -0.39 is 288 Å². The van der Waals surface area contributed by atoms with E-state index in [-0.39, 0.29) is 32.2 Å². The number of nitrogens with two attached hydrogens (primary N) is 1. The largest absolute Gasteiger partial charge is 3.00 e. The Kier molecular flexibility index (Phi) is 54.1. The number of epoxide rings is 2. The standard InChI is InChI=1S/C42H72O36.C12H22O6.C2H4O2.CH4N2O2.ClH.Ga.3NO3/c43-1-8-15(48)22(55)25(58)37(69-8)66-6-13-20(53)32(28(61)36(65)68-13)75-40-29(62)33(18(51)11(4-46)72-40)77-41-30(63)34(19(52)12(5-47)73-41)78-42-31(64)35(76-39-27(60)24(57)17(50)10(3-45)71-39)21(54)14(74-42)7-67-38-26(59)23(56)16(49)9(2-44)70-38;1(13-3-5-15-7-11-9-17-11)2-14-4-6-16-8-12-10-18-12;1-2(3)4;2-1(4)3-5;;;3*2-1(3)4/h8-65H,1-7H2;11-12H,1-10H2;1H3,(H,3,4);5H,(H3,2,3,4);1H;;;;/q;;;;;+3;3*-1/p-1/t8-,9-,10-,11-,12-,13-,14-,15-,16-,17-,18-,19-,20-,21-,22+,23+,24+,25-,26-,27-,28-,29-,30-,31-,32+,33+,34+,35+,36-,37-,38-,39+,40+,41+,42+;;;;;;;;/m1......../s1. The second-order valence-electron chi connectivity index (χ2n) is 25.6. The first kappa shape index (κ1) is 113. The van der Waals surface area contributed by atoms with E-state index in [0.29, 0.717) is 65.1 Å². The minimum absolute atomic E-state index is 0. The van der Waals surface area contributed by atoms with E-state index in [1.807, 2.05) is 0 Å². The molecule has 62 heteroatoms. The Morgan fingerprint density at radius 3 is 0.832 bits per heavy atom. The fourth-order valence-electron chi connectivity index (χ4n) is 11.1. The average Bonchev–Trinajstić information content (AvgIpc) is 1.36. The number of ether oxygens (including phenoxy) is 19. The Morgan fingerprint density at radius 1 is 0.361 bits per heavy atom. The predicted octanol–water partition coefficient (Wildman–Crippen LogP) is -19.3. The van der Waals surface area contributed by atoms with Gasteiger partial charge >= 0.3 is 25.8 Å². The molecule has 9 fully saturated rings. The zero-order chi connectivity index (χ0) is 88.4. The molecule has 0 spiro atoms. The molecule has 0 aromatic heterocycles. The monoisotopic (exact) mass is 1840 g/mol. The molecule has 9 saturated heterocycles. The molecule has 0 radical (unpaired) electrons. The van der Waals surface area contributed by atoms with Crippen LogP contribution in [0.5, 0.6) is 0 Å². The summed E-state index contributed by atoms with van der Waals surface area (Å²) in [5.41, 5.74) is 5.46. The van der Waals surface area contributed by atoms with Crippen LogP contribution in [0.25, 0.3) is 0 Å². The van der Waals surface area contributed by atoms with Gasteiger partial charge in [0.15, 0.2) is 44.0 Å². The molecule has 0 aromatic rings. The number of urea groups is 1.